The molecule has 0 spiro atoms. The molecular formula is C30H29ClN4O2. The molecular weight excluding hydrogens is 484 g/mol. The number of H-pyrrole nitrogens is 1. The zero-order valence-electron chi connectivity index (χ0n) is 21.0. The van der Waals surface area contributed by atoms with Crippen molar-refractivity contribution < 1.29 is 4.74 Å². The summed E-state index contributed by atoms with van der Waals surface area (Å²) < 4.78 is 7.89. The number of aromatic amines is 1. The molecule has 1 atom stereocenters. The van der Waals surface area contributed by atoms with E-state index in [1.54, 1.807) is 0 Å². The smallest absolute Gasteiger partial charge is 0.253 e. The molecule has 5 aromatic rings. The van der Waals surface area contributed by atoms with E-state index in [-0.39, 0.29) is 17.7 Å². The molecule has 0 radical (unpaired) electrons. The molecule has 5 rings (SSSR count). The van der Waals surface area contributed by atoms with E-state index in [0.717, 1.165) is 28.9 Å². The van der Waals surface area contributed by atoms with E-state index < -0.39 is 0 Å². The molecule has 0 aliphatic heterocycles. The van der Waals surface area contributed by atoms with Gasteiger partial charge in [0, 0.05) is 28.7 Å². The first-order valence-electron chi connectivity index (χ1n) is 12.3. The van der Waals surface area contributed by atoms with E-state index in [1.165, 1.54) is 5.56 Å². The third-order valence-electron chi connectivity index (χ3n) is 6.23. The topological polar surface area (TPSA) is 71.9 Å². The molecule has 0 fully saturated rings. The van der Waals surface area contributed by atoms with Crippen molar-refractivity contribution >= 4 is 28.2 Å². The predicted molar refractivity (Wildman–Crippen MR) is 151 cm³/mol. The minimum Gasteiger partial charge on any atom is -0.489 e. The number of nitrogens with zero attached hydrogens (tertiary/aromatic N) is 2. The number of imidazole rings is 1. The van der Waals surface area contributed by atoms with Gasteiger partial charge in [-0.25, -0.2) is 4.98 Å². The van der Waals surface area contributed by atoms with Crippen LogP contribution < -0.4 is 15.6 Å². The van der Waals surface area contributed by atoms with E-state index in [4.69, 9.17) is 16.3 Å². The number of pyridine rings is 1. The molecule has 2 aromatic heterocycles. The summed E-state index contributed by atoms with van der Waals surface area (Å²) in [5.41, 5.74) is 5.21. The number of benzene rings is 3. The molecule has 6 nitrogen and oxygen atoms in total. The van der Waals surface area contributed by atoms with Crippen molar-refractivity contribution in [2.45, 2.75) is 39.5 Å². The van der Waals surface area contributed by atoms with Crippen LogP contribution in [0.15, 0.2) is 90.1 Å². The van der Waals surface area contributed by atoms with Crippen LogP contribution in [0.5, 0.6) is 5.75 Å². The molecule has 0 saturated carbocycles. The van der Waals surface area contributed by atoms with Gasteiger partial charge < -0.3 is 19.6 Å². The Balaban J connectivity index is 1.39. The van der Waals surface area contributed by atoms with Crippen LogP contribution in [0.3, 0.4) is 0 Å². The number of fused-ring (bicyclic) bond motifs is 1. The molecule has 0 saturated heterocycles. The van der Waals surface area contributed by atoms with Crippen LogP contribution in [0.25, 0.3) is 22.2 Å². The van der Waals surface area contributed by atoms with Crippen LogP contribution in [-0.4, -0.2) is 20.6 Å². The normalized spacial score (nSPS) is 12.1. The monoisotopic (exact) mass is 512 g/mol. The first kappa shape index (κ1) is 24.7. The maximum Gasteiger partial charge on any atom is 0.253 e. The molecule has 0 aliphatic carbocycles. The van der Waals surface area contributed by atoms with Gasteiger partial charge in [-0.1, -0.05) is 54.1 Å². The molecule has 0 amide bonds. The fourth-order valence-corrected chi connectivity index (χ4v) is 4.73. The maximum atomic E-state index is 13.0. The molecule has 188 valence electrons. The average Bonchev–Trinajstić information content (AvgIpc) is 3.34. The third-order valence-corrected chi connectivity index (χ3v) is 6.60. The third kappa shape index (κ3) is 5.39. The molecule has 0 bridgehead atoms. The zero-order chi connectivity index (χ0) is 25.9. The summed E-state index contributed by atoms with van der Waals surface area (Å²) in [6.07, 6.45) is 3.71. The SMILES string of the molecule is CC(C)Oc1ccc2cc([C@H](C)Nc3cccc(-c4cncn4Cc4ccccc4)c3)c(=O)[nH]c2c1Cl. The lowest BCUT2D eigenvalue weighted by Gasteiger charge is -2.17. The highest BCUT2D eigenvalue weighted by molar-refractivity contribution is 6.36. The zero-order valence-corrected chi connectivity index (χ0v) is 21.8. The second-order valence-corrected chi connectivity index (χ2v) is 9.78. The van der Waals surface area contributed by atoms with Crippen LogP contribution in [0.2, 0.25) is 5.02 Å². The first-order valence-corrected chi connectivity index (χ1v) is 12.7. The molecule has 2 N–H and O–H groups in total. The fraction of sp³-hybridized carbons (Fsp3) is 0.200. The summed E-state index contributed by atoms with van der Waals surface area (Å²) in [5, 5.41) is 4.74. The molecule has 3 aromatic carbocycles. The van der Waals surface area contributed by atoms with Crippen molar-refractivity contribution in [1.82, 2.24) is 14.5 Å². The van der Waals surface area contributed by atoms with Crippen molar-refractivity contribution in [2.75, 3.05) is 5.32 Å². The molecule has 0 unspecified atom stereocenters. The van der Waals surface area contributed by atoms with Crippen molar-refractivity contribution in [3.05, 3.63) is 112 Å². The van der Waals surface area contributed by atoms with Crippen LogP contribution in [0.4, 0.5) is 5.69 Å². The summed E-state index contributed by atoms with van der Waals surface area (Å²) in [4.78, 5) is 20.3. The van der Waals surface area contributed by atoms with Crippen molar-refractivity contribution in [3.63, 3.8) is 0 Å². The predicted octanol–water partition coefficient (Wildman–Crippen LogP) is 7.05. The van der Waals surface area contributed by atoms with Gasteiger partial charge in [0.05, 0.1) is 35.9 Å². The largest absolute Gasteiger partial charge is 0.489 e. The minimum atomic E-state index is -0.233. The molecule has 37 heavy (non-hydrogen) atoms. The van der Waals surface area contributed by atoms with Crippen LogP contribution in [0.1, 0.15) is 37.9 Å². The van der Waals surface area contributed by atoms with Gasteiger partial charge in [0.25, 0.3) is 5.56 Å². The maximum absolute atomic E-state index is 13.0. The Morgan fingerprint density at radius 3 is 2.62 bits per heavy atom. The van der Waals surface area contributed by atoms with Gasteiger partial charge in [-0.15, -0.1) is 0 Å². The van der Waals surface area contributed by atoms with Gasteiger partial charge in [-0.3, -0.25) is 4.79 Å². The Bertz CT molecular complexity index is 1590. The summed E-state index contributed by atoms with van der Waals surface area (Å²) in [6.45, 7) is 6.58. The number of ether oxygens (including phenoxy) is 1. The highest BCUT2D eigenvalue weighted by Gasteiger charge is 2.16. The van der Waals surface area contributed by atoms with E-state index in [1.807, 2.05) is 81.8 Å². The van der Waals surface area contributed by atoms with Crippen molar-refractivity contribution in [1.29, 1.82) is 0 Å². The van der Waals surface area contributed by atoms with E-state index >= 15 is 0 Å². The van der Waals surface area contributed by atoms with Crippen LogP contribution in [0, 0.1) is 0 Å². The van der Waals surface area contributed by atoms with E-state index in [2.05, 4.69) is 44.1 Å². The van der Waals surface area contributed by atoms with Crippen LogP contribution in [-0.2, 0) is 6.54 Å². The number of halogens is 1. The fourth-order valence-electron chi connectivity index (χ4n) is 4.47. The first-order chi connectivity index (χ1) is 17.9. The molecule has 7 heteroatoms. The quantitative estimate of drug-likeness (QED) is 0.233. The van der Waals surface area contributed by atoms with Gasteiger partial charge in [-0.2, -0.15) is 0 Å². The van der Waals surface area contributed by atoms with Crippen LogP contribution >= 0.6 is 11.6 Å². The van der Waals surface area contributed by atoms with Gasteiger partial charge in [-0.05, 0) is 56.7 Å². The number of aromatic nitrogens is 3. The van der Waals surface area contributed by atoms with Gasteiger partial charge in [0.15, 0.2) is 0 Å². The lowest BCUT2D eigenvalue weighted by Crippen LogP contribution is -2.19. The summed E-state index contributed by atoms with van der Waals surface area (Å²) in [6, 6.07) is 23.9. The van der Waals surface area contributed by atoms with Crippen molar-refractivity contribution in [2.24, 2.45) is 0 Å². The van der Waals surface area contributed by atoms with Gasteiger partial charge >= 0.3 is 0 Å². The lowest BCUT2D eigenvalue weighted by molar-refractivity contribution is 0.243. The van der Waals surface area contributed by atoms with Gasteiger partial charge in [0.2, 0.25) is 0 Å². The molecule has 0 aliphatic rings. The number of nitrogens with one attached hydrogen (secondary N) is 2. The summed E-state index contributed by atoms with van der Waals surface area (Å²) in [7, 11) is 0. The Labute approximate surface area is 220 Å². The Morgan fingerprint density at radius 2 is 1.84 bits per heavy atom. The Kier molecular flexibility index (Phi) is 7.01. The number of rotatable bonds is 8. The standard InChI is InChI=1S/C30H29ClN4O2/c1-19(2)37-27-13-12-23-15-25(30(36)34-29(23)28(27)31)20(3)33-24-11-7-10-22(14-24)26-16-32-18-35(26)17-21-8-5-4-6-9-21/h4-16,18-20,33H,17H2,1-3H3,(H,34,36)/t20-/m0/s1. The summed E-state index contributed by atoms with van der Waals surface area (Å²) >= 11 is 6.53. The summed E-state index contributed by atoms with van der Waals surface area (Å²) in [5.74, 6) is 0.557. The number of hydrogen-bond donors (Lipinski definition) is 2. The Morgan fingerprint density at radius 1 is 1.03 bits per heavy atom. The minimum absolute atomic E-state index is 0.0158. The highest BCUT2D eigenvalue weighted by atomic mass is 35.5. The number of anilines is 1. The number of hydrogen-bond acceptors (Lipinski definition) is 4. The average molecular weight is 513 g/mol. The van der Waals surface area contributed by atoms with E-state index in [9.17, 15) is 4.79 Å². The van der Waals surface area contributed by atoms with E-state index in [0.29, 0.717) is 21.9 Å². The second kappa shape index (κ2) is 10.5. The lowest BCUT2D eigenvalue weighted by atomic mass is 10.1. The molecule has 2 heterocycles. The van der Waals surface area contributed by atoms with Crippen molar-refractivity contribution in [3.8, 4) is 17.0 Å². The second-order valence-electron chi connectivity index (χ2n) is 9.40. The highest BCUT2D eigenvalue weighted by Crippen LogP contribution is 2.33. The van der Waals surface area contributed by atoms with Gasteiger partial charge in [0.1, 0.15) is 10.8 Å². The Hall–Kier alpha value is -4.03.